The third-order valence-electron chi connectivity index (χ3n) is 9.44. The lowest BCUT2D eigenvalue weighted by molar-refractivity contribution is 1.17. The van der Waals surface area contributed by atoms with Gasteiger partial charge in [0.25, 0.3) is 0 Å². The molecule has 4 heteroatoms. The van der Waals surface area contributed by atoms with E-state index < -0.39 is 8.07 Å². The van der Waals surface area contributed by atoms with Gasteiger partial charge in [0.05, 0.1) is 33.9 Å². The van der Waals surface area contributed by atoms with Crippen LogP contribution in [0.4, 0.5) is 0 Å². The van der Waals surface area contributed by atoms with Crippen LogP contribution in [0.3, 0.4) is 0 Å². The molecule has 0 atom stereocenters. The van der Waals surface area contributed by atoms with Gasteiger partial charge in [0.15, 0.2) is 8.07 Å². The first-order chi connectivity index (χ1) is 23.8. The lowest BCUT2D eigenvalue weighted by atomic mass is 9.94. The Bertz CT molecular complexity index is 2370. The van der Waals surface area contributed by atoms with Crippen LogP contribution in [0.25, 0.3) is 38.6 Å². The molecule has 0 saturated heterocycles. The molecular formula is C44H29N3Si. The zero-order chi connectivity index (χ0) is 32.5. The maximum Gasteiger partial charge on any atom is 0.179 e. The monoisotopic (exact) mass is 627 g/mol. The molecule has 224 valence electrons. The highest BCUT2D eigenvalue weighted by molar-refractivity contribution is 7.19. The molecule has 1 heterocycles. The van der Waals surface area contributed by atoms with Crippen molar-refractivity contribution in [2.24, 2.45) is 0 Å². The van der Waals surface area contributed by atoms with Crippen LogP contribution in [0.1, 0.15) is 11.1 Å². The molecule has 0 spiro atoms. The molecular weight excluding hydrogens is 599 g/mol. The van der Waals surface area contributed by atoms with Gasteiger partial charge in [-0.3, -0.25) is 0 Å². The maximum absolute atomic E-state index is 10.9. The maximum atomic E-state index is 10.9. The van der Waals surface area contributed by atoms with Crippen molar-refractivity contribution >= 4 is 50.6 Å². The first-order valence-corrected chi connectivity index (χ1v) is 18.0. The number of hydrogen-bond acceptors (Lipinski definition) is 2. The normalized spacial score (nSPS) is 11.3. The van der Waals surface area contributed by atoms with Crippen molar-refractivity contribution in [3.8, 4) is 29.0 Å². The highest BCUT2D eigenvalue weighted by atomic mass is 28.3. The van der Waals surface area contributed by atoms with Crippen molar-refractivity contribution < 1.29 is 0 Å². The first-order valence-electron chi connectivity index (χ1n) is 16.0. The van der Waals surface area contributed by atoms with Crippen LogP contribution in [0, 0.1) is 22.7 Å². The van der Waals surface area contributed by atoms with Crippen molar-refractivity contribution in [1.29, 1.82) is 10.5 Å². The van der Waals surface area contributed by atoms with Crippen molar-refractivity contribution in [2.45, 2.75) is 0 Å². The summed E-state index contributed by atoms with van der Waals surface area (Å²) < 4.78 is 2.16. The van der Waals surface area contributed by atoms with Crippen molar-refractivity contribution in [1.82, 2.24) is 4.57 Å². The largest absolute Gasteiger partial charge is 0.308 e. The summed E-state index contributed by atoms with van der Waals surface area (Å²) in [6.07, 6.45) is 0. The Morgan fingerprint density at radius 3 is 1.42 bits per heavy atom. The summed E-state index contributed by atoms with van der Waals surface area (Å²) in [5.41, 5.74) is 5.24. The summed E-state index contributed by atoms with van der Waals surface area (Å²) in [6.45, 7) is 0. The summed E-state index contributed by atoms with van der Waals surface area (Å²) in [4.78, 5) is 0. The zero-order valence-corrected chi connectivity index (χ0v) is 27.1. The number of fused-ring (bicyclic) bond motifs is 3. The number of para-hydroxylation sites is 2. The quantitative estimate of drug-likeness (QED) is 0.141. The Labute approximate surface area is 280 Å². The van der Waals surface area contributed by atoms with Crippen LogP contribution in [0.2, 0.25) is 0 Å². The van der Waals surface area contributed by atoms with Crippen LogP contribution in [0.5, 0.6) is 0 Å². The standard InChI is InChI=1S/C44H29N3Si/c45-30-33-27-28-43(47-41-25-12-10-23-38(41)39-24-11-13-26-42(39)47)40(31-46)44(33)32-15-14-22-37(29-32)48(34-16-4-1-5-17-34,35-18-6-2-7-19-35)36-20-8-3-9-21-36/h1-29H. The number of nitriles is 2. The minimum atomic E-state index is -2.83. The minimum Gasteiger partial charge on any atom is -0.308 e. The van der Waals surface area contributed by atoms with Gasteiger partial charge in [-0.25, -0.2) is 0 Å². The van der Waals surface area contributed by atoms with Crippen molar-refractivity contribution in [2.75, 3.05) is 0 Å². The molecule has 0 bridgehead atoms. The summed E-state index contributed by atoms with van der Waals surface area (Å²) in [5.74, 6) is 0. The Balaban J connectivity index is 1.44. The van der Waals surface area contributed by atoms with Crippen LogP contribution >= 0.6 is 0 Å². The third-order valence-corrected chi connectivity index (χ3v) is 14.2. The smallest absolute Gasteiger partial charge is 0.179 e. The second-order valence-electron chi connectivity index (χ2n) is 11.9. The molecule has 0 aliphatic heterocycles. The molecule has 0 radical (unpaired) electrons. The van der Waals surface area contributed by atoms with Gasteiger partial charge in [-0.2, -0.15) is 10.5 Å². The molecule has 0 saturated carbocycles. The lowest BCUT2D eigenvalue weighted by Gasteiger charge is -2.34. The predicted molar refractivity (Wildman–Crippen MR) is 199 cm³/mol. The van der Waals surface area contributed by atoms with E-state index >= 15 is 0 Å². The van der Waals surface area contributed by atoms with E-state index in [4.69, 9.17) is 0 Å². The molecule has 0 fully saturated rings. The number of rotatable bonds is 6. The molecule has 0 aliphatic rings. The van der Waals surface area contributed by atoms with Gasteiger partial charge in [0, 0.05) is 16.3 Å². The number of hydrogen-bond donors (Lipinski definition) is 0. The van der Waals surface area contributed by atoms with E-state index in [0.717, 1.165) is 33.1 Å². The fourth-order valence-corrected chi connectivity index (χ4v) is 12.2. The summed E-state index contributed by atoms with van der Waals surface area (Å²) in [6, 6.07) is 66.2. The number of benzene rings is 7. The Morgan fingerprint density at radius 2 is 0.917 bits per heavy atom. The highest BCUT2D eigenvalue weighted by Gasteiger charge is 2.41. The second-order valence-corrected chi connectivity index (χ2v) is 15.7. The lowest BCUT2D eigenvalue weighted by Crippen LogP contribution is -2.74. The fourth-order valence-electron chi connectivity index (χ4n) is 7.44. The second kappa shape index (κ2) is 12.0. The SMILES string of the molecule is N#Cc1ccc(-n2c3ccccc3c3ccccc32)c(C#N)c1-c1cccc([Si](c2ccccc2)(c2ccccc2)c2ccccc2)c1. The van der Waals surface area contributed by atoms with Gasteiger partial charge in [-0.1, -0.05) is 152 Å². The van der Waals surface area contributed by atoms with Crippen LogP contribution in [-0.4, -0.2) is 12.6 Å². The van der Waals surface area contributed by atoms with Crippen LogP contribution < -0.4 is 20.7 Å². The summed E-state index contributed by atoms with van der Waals surface area (Å²) in [5, 5.41) is 28.6. The molecule has 8 rings (SSSR count). The van der Waals surface area contributed by atoms with E-state index in [1.165, 1.54) is 20.7 Å². The van der Waals surface area contributed by atoms with E-state index in [2.05, 4.69) is 150 Å². The minimum absolute atomic E-state index is 0.472. The molecule has 3 nitrogen and oxygen atoms in total. The molecule has 0 unspecified atom stereocenters. The molecule has 1 aromatic heterocycles. The van der Waals surface area contributed by atoms with Crippen molar-refractivity contribution in [3.05, 3.63) is 187 Å². The zero-order valence-electron chi connectivity index (χ0n) is 26.1. The molecule has 48 heavy (non-hydrogen) atoms. The van der Waals surface area contributed by atoms with Crippen molar-refractivity contribution in [3.63, 3.8) is 0 Å². The third kappa shape index (κ3) is 4.48. The first kappa shape index (κ1) is 29.0. The Hall–Kier alpha value is -6.46. The van der Waals surface area contributed by atoms with Gasteiger partial charge in [-0.15, -0.1) is 0 Å². The number of aromatic nitrogens is 1. The van der Waals surface area contributed by atoms with Crippen LogP contribution in [-0.2, 0) is 0 Å². The van der Waals surface area contributed by atoms with Gasteiger partial charge in [0.1, 0.15) is 6.07 Å². The van der Waals surface area contributed by atoms with Gasteiger partial charge < -0.3 is 4.57 Å². The van der Waals surface area contributed by atoms with E-state index in [0.29, 0.717) is 16.7 Å². The molecule has 7 aromatic carbocycles. The average molecular weight is 628 g/mol. The van der Waals surface area contributed by atoms with E-state index in [-0.39, 0.29) is 0 Å². The number of nitrogens with zero attached hydrogens (tertiary/aromatic N) is 3. The summed E-state index contributed by atoms with van der Waals surface area (Å²) in [7, 11) is -2.83. The van der Waals surface area contributed by atoms with E-state index in [1.54, 1.807) is 0 Å². The summed E-state index contributed by atoms with van der Waals surface area (Å²) >= 11 is 0. The van der Waals surface area contributed by atoms with E-state index in [9.17, 15) is 10.5 Å². The average Bonchev–Trinajstić information content (AvgIpc) is 3.50. The highest BCUT2D eigenvalue weighted by Crippen LogP contribution is 2.37. The van der Waals surface area contributed by atoms with Crippen LogP contribution in [0.15, 0.2) is 176 Å². The topological polar surface area (TPSA) is 52.5 Å². The van der Waals surface area contributed by atoms with Gasteiger partial charge in [0.2, 0.25) is 0 Å². The fraction of sp³-hybridized carbons (Fsp3) is 0. The Morgan fingerprint density at radius 1 is 0.438 bits per heavy atom. The van der Waals surface area contributed by atoms with E-state index in [1.807, 2.05) is 42.5 Å². The molecule has 0 aliphatic carbocycles. The molecule has 0 N–H and O–H groups in total. The predicted octanol–water partition coefficient (Wildman–Crippen LogP) is 7.57. The Kier molecular flexibility index (Phi) is 7.27. The van der Waals surface area contributed by atoms with Gasteiger partial charge in [-0.05, 0) is 50.6 Å². The molecule has 8 aromatic rings. The van der Waals surface area contributed by atoms with Gasteiger partial charge >= 0.3 is 0 Å². The molecule has 0 amide bonds.